The molecular formula is C16H34N4O. The van der Waals surface area contributed by atoms with Gasteiger partial charge in [0.1, 0.15) is 0 Å². The van der Waals surface area contributed by atoms with Crippen molar-refractivity contribution in [2.75, 3.05) is 47.4 Å². The molecular weight excluding hydrogens is 264 g/mol. The highest BCUT2D eigenvalue weighted by Gasteiger charge is 2.32. The Hall–Kier alpha value is -0.810. The molecule has 0 aromatic rings. The number of hydrogen-bond acceptors (Lipinski definition) is 3. The molecule has 0 aromatic carbocycles. The number of hydrogen-bond donors (Lipinski definition) is 2. The number of likely N-dealkylation sites (N-methyl/N-ethyl adjacent to an activating group) is 1. The van der Waals surface area contributed by atoms with E-state index in [0.29, 0.717) is 12.0 Å². The largest absolute Gasteiger partial charge is 0.380 e. The predicted octanol–water partition coefficient (Wildman–Crippen LogP) is 1.55. The normalized spacial score (nSPS) is 17.4. The maximum Gasteiger partial charge on any atom is 0.191 e. The molecule has 0 radical (unpaired) electrons. The molecule has 0 amide bonds. The summed E-state index contributed by atoms with van der Waals surface area (Å²) in [5.74, 6) is 2.43. The molecule has 1 saturated carbocycles. The van der Waals surface area contributed by atoms with Gasteiger partial charge in [0.2, 0.25) is 0 Å². The van der Waals surface area contributed by atoms with E-state index >= 15 is 0 Å². The standard InChI is InChI=1S/C16H34N4O/c1-13(2)8-10-21-11-9-18-16(17-3)19-12-15(20(4)5)14-6-7-14/h13-15H,6-12H2,1-5H3,(H2,17,18,19). The van der Waals surface area contributed by atoms with Crippen LogP contribution < -0.4 is 10.6 Å². The molecule has 0 aromatic heterocycles. The van der Waals surface area contributed by atoms with Gasteiger partial charge in [0.15, 0.2) is 5.96 Å². The Labute approximate surface area is 130 Å². The average Bonchev–Trinajstić information content (AvgIpc) is 3.24. The quantitative estimate of drug-likeness (QED) is 0.365. The summed E-state index contributed by atoms with van der Waals surface area (Å²) in [4.78, 5) is 6.58. The summed E-state index contributed by atoms with van der Waals surface area (Å²) in [6.45, 7) is 7.76. The van der Waals surface area contributed by atoms with E-state index in [1.165, 1.54) is 12.8 Å². The highest BCUT2D eigenvalue weighted by molar-refractivity contribution is 5.79. The fourth-order valence-corrected chi connectivity index (χ4v) is 2.34. The molecule has 1 atom stereocenters. The number of nitrogens with one attached hydrogen (secondary N) is 2. The Morgan fingerprint density at radius 1 is 1.24 bits per heavy atom. The molecule has 1 rings (SSSR count). The van der Waals surface area contributed by atoms with Crippen LogP contribution in [0.25, 0.3) is 0 Å². The van der Waals surface area contributed by atoms with Gasteiger partial charge in [-0.05, 0) is 45.2 Å². The third-order valence-electron chi connectivity index (χ3n) is 3.91. The van der Waals surface area contributed by atoms with Crippen LogP contribution in [-0.4, -0.2) is 64.3 Å². The maximum atomic E-state index is 5.60. The van der Waals surface area contributed by atoms with Crippen LogP contribution in [-0.2, 0) is 4.74 Å². The van der Waals surface area contributed by atoms with E-state index in [2.05, 4.69) is 48.5 Å². The first-order valence-electron chi connectivity index (χ1n) is 8.23. The van der Waals surface area contributed by atoms with Crippen LogP contribution >= 0.6 is 0 Å². The van der Waals surface area contributed by atoms with E-state index in [4.69, 9.17) is 4.74 Å². The Kier molecular flexibility index (Phi) is 8.69. The third kappa shape index (κ3) is 8.27. The Morgan fingerprint density at radius 2 is 1.95 bits per heavy atom. The van der Waals surface area contributed by atoms with Gasteiger partial charge in [-0.1, -0.05) is 13.8 Å². The number of aliphatic imine (C=N–C) groups is 1. The van der Waals surface area contributed by atoms with Gasteiger partial charge in [-0.2, -0.15) is 0 Å². The van der Waals surface area contributed by atoms with Gasteiger partial charge in [0.05, 0.1) is 6.61 Å². The minimum atomic E-state index is 0.603. The Bertz CT molecular complexity index is 299. The lowest BCUT2D eigenvalue weighted by Crippen LogP contribution is -2.46. The molecule has 0 heterocycles. The highest BCUT2D eigenvalue weighted by Crippen LogP contribution is 2.34. The maximum absolute atomic E-state index is 5.60. The topological polar surface area (TPSA) is 48.9 Å². The van der Waals surface area contributed by atoms with E-state index < -0.39 is 0 Å². The molecule has 0 spiro atoms. The van der Waals surface area contributed by atoms with Crippen molar-refractivity contribution < 1.29 is 4.74 Å². The van der Waals surface area contributed by atoms with E-state index in [9.17, 15) is 0 Å². The molecule has 0 bridgehead atoms. The van der Waals surface area contributed by atoms with Crippen LogP contribution in [0.3, 0.4) is 0 Å². The number of nitrogens with zero attached hydrogens (tertiary/aromatic N) is 2. The van der Waals surface area contributed by atoms with Crippen LogP contribution in [0.5, 0.6) is 0 Å². The summed E-state index contributed by atoms with van der Waals surface area (Å²) >= 11 is 0. The lowest BCUT2D eigenvalue weighted by molar-refractivity contribution is 0.128. The fraction of sp³-hybridized carbons (Fsp3) is 0.938. The summed E-state index contributed by atoms with van der Waals surface area (Å²) in [6, 6.07) is 0.603. The van der Waals surface area contributed by atoms with Gasteiger partial charge < -0.3 is 20.3 Å². The van der Waals surface area contributed by atoms with Crippen LogP contribution in [0.15, 0.2) is 4.99 Å². The second-order valence-electron chi connectivity index (χ2n) is 6.54. The molecule has 1 aliphatic carbocycles. The molecule has 124 valence electrons. The van der Waals surface area contributed by atoms with E-state index in [0.717, 1.165) is 44.6 Å². The van der Waals surface area contributed by atoms with Gasteiger partial charge in [-0.25, -0.2) is 0 Å². The van der Waals surface area contributed by atoms with E-state index in [-0.39, 0.29) is 0 Å². The van der Waals surface area contributed by atoms with Crippen molar-refractivity contribution >= 4 is 5.96 Å². The van der Waals surface area contributed by atoms with Gasteiger partial charge in [0.25, 0.3) is 0 Å². The summed E-state index contributed by atoms with van der Waals surface area (Å²) in [5.41, 5.74) is 0. The summed E-state index contributed by atoms with van der Waals surface area (Å²) in [5, 5.41) is 6.73. The fourth-order valence-electron chi connectivity index (χ4n) is 2.34. The molecule has 2 N–H and O–H groups in total. The van der Waals surface area contributed by atoms with Crippen molar-refractivity contribution in [2.45, 2.75) is 39.2 Å². The number of rotatable bonds is 10. The molecule has 21 heavy (non-hydrogen) atoms. The van der Waals surface area contributed by atoms with Crippen molar-refractivity contribution in [2.24, 2.45) is 16.8 Å². The van der Waals surface area contributed by atoms with Crippen molar-refractivity contribution in [1.29, 1.82) is 0 Å². The van der Waals surface area contributed by atoms with Crippen molar-refractivity contribution in [3.05, 3.63) is 0 Å². The molecule has 5 nitrogen and oxygen atoms in total. The number of ether oxygens (including phenoxy) is 1. The molecule has 1 aliphatic rings. The van der Waals surface area contributed by atoms with Crippen LogP contribution in [0.1, 0.15) is 33.1 Å². The zero-order chi connectivity index (χ0) is 15.7. The second kappa shape index (κ2) is 10.0. The summed E-state index contributed by atoms with van der Waals surface area (Å²) in [7, 11) is 6.13. The van der Waals surface area contributed by atoms with Crippen molar-refractivity contribution in [3.8, 4) is 0 Å². The minimum absolute atomic E-state index is 0.603. The summed E-state index contributed by atoms with van der Waals surface area (Å²) in [6.07, 6.45) is 3.85. The lowest BCUT2D eigenvalue weighted by atomic mass is 10.1. The van der Waals surface area contributed by atoms with Gasteiger partial charge in [-0.15, -0.1) is 0 Å². The van der Waals surface area contributed by atoms with E-state index in [1.54, 1.807) is 0 Å². The first-order chi connectivity index (χ1) is 10.0. The van der Waals surface area contributed by atoms with Gasteiger partial charge in [-0.3, -0.25) is 4.99 Å². The third-order valence-corrected chi connectivity index (χ3v) is 3.91. The highest BCUT2D eigenvalue weighted by atomic mass is 16.5. The molecule has 5 heteroatoms. The van der Waals surface area contributed by atoms with Crippen LogP contribution in [0.2, 0.25) is 0 Å². The van der Waals surface area contributed by atoms with Gasteiger partial charge >= 0.3 is 0 Å². The summed E-state index contributed by atoms with van der Waals surface area (Å²) < 4.78 is 5.60. The second-order valence-corrected chi connectivity index (χ2v) is 6.54. The van der Waals surface area contributed by atoms with E-state index in [1.807, 2.05) is 7.05 Å². The Balaban J connectivity index is 2.11. The van der Waals surface area contributed by atoms with Crippen molar-refractivity contribution in [3.63, 3.8) is 0 Å². The predicted molar refractivity (Wildman–Crippen MR) is 89.8 cm³/mol. The SMILES string of the molecule is CN=C(NCCOCCC(C)C)NCC(C1CC1)N(C)C. The lowest BCUT2D eigenvalue weighted by Gasteiger charge is -2.25. The first kappa shape index (κ1) is 18.2. The molecule has 1 fully saturated rings. The monoisotopic (exact) mass is 298 g/mol. The van der Waals surface area contributed by atoms with Crippen LogP contribution in [0.4, 0.5) is 0 Å². The average molecular weight is 298 g/mol. The molecule has 0 saturated heterocycles. The van der Waals surface area contributed by atoms with Crippen molar-refractivity contribution in [1.82, 2.24) is 15.5 Å². The Morgan fingerprint density at radius 3 is 2.48 bits per heavy atom. The zero-order valence-corrected chi connectivity index (χ0v) is 14.5. The smallest absolute Gasteiger partial charge is 0.191 e. The first-order valence-corrected chi connectivity index (χ1v) is 8.23. The molecule has 0 aliphatic heterocycles. The number of guanidine groups is 1. The molecule has 1 unspecified atom stereocenters. The van der Waals surface area contributed by atoms with Crippen LogP contribution in [0, 0.1) is 11.8 Å². The van der Waals surface area contributed by atoms with Gasteiger partial charge in [0, 0.05) is 32.8 Å². The minimum Gasteiger partial charge on any atom is -0.380 e. The zero-order valence-electron chi connectivity index (χ0n) is 14.5.